The average molecular weight is 558 g/mol. The van der Waals surface area contributed by atoms with Crippen LogP contribution < -0.4 is 10.1 Å². The zero-order valence-electron chi connectivity index (χ0n) is 23.7. The first kappa shape index (κ1) is 27.9. The number of aromatic amines is 1. The van der Waals surface area contributed by atoms with Crippen LogP contribution in [0.2, 0.25) is 0 Å². The van der Waals surface area contributed by atoms with Crippen LogP contribution in [0.3, 0.4) is 0 Å². The lowest BCUT2D eigenvalue weighted by Gasteiger charge is -2.39. The number of carbonyl (C=O) groups excluding carboxylic acids is 2. The number of pyridine rings is 1. The van der Waals surface area contributed by atoms with Gasteiger partial charge in [-0.25, -0.2) is 19.6 Å². The molecule has 1 unspecified atom stereocenters. The molecule has 41 heavy (non-hydrogen) atoms. The van der Waals surface area contributed by atoms with Crippen molar-refractivity contribution in [2.24, 2.45) is 0 Å². The molecule has 1 saturated heterocycles. The van der Waals surface area contributed by atoms with Crippen molar-refractivity contribution in [3.63, 3.8) is 0 Å². The summed E-state index contributed by atoms with van der Waals surface area (Å²) in [6.45, 7) is 6.05. The van der Waals surface area contributed by atoms with Crippen LogP contribution in [0.15, 0.2) is 66.9 Å². The van der Waals surface area contributed by atoms with Gasteiger partial charge in [0.25, 0.3) is 0 Å². The number of carbonyl (C=O) groups is 2. The second-order valence-electron chi connectivity index (χ2n) is 11.0. The molecule has 2 aromatic carbocycles. The largest absolute Gasteiger partial charge is 0.480 e. The number of amides is 2. The highest BCUT2D eigenvalue weighted by Crippen LogP contribution is 2.35. The zero-order chi connectivity index (χ0) is 29.0. The number of piperidine rings is 1. The smallest absolute Gasteiger partial charge is 0.410 e. The highest BCUT2D eigenvalue weighted by molar-refractivity contribution is 5.85. The lowest BCUT2D eigenvalue weighted by molar-refractivity contribution is 0.00554. The van der Waals surface area contributed by atoms with Crippen LogP contribution in [-0.4, -0.2) is 57.3 Å². The second-order valence-corrected chi connectivity index (χ2v) is 11.0. The molecule has 10 heteroatoms. The van der Waals surface area contributed by atoms with Crippen LogP contribution in [0.4, 0.5) is 9.59 Å². The molecule has 0 aliphatic carbocycles. The summed E-state index contributed by atoms with van der Waals surface area (Å²) < 4.78 is 16.7. The molecule has 1 fully saturated rings. The van der Waals surface area contributed by atoms with E-state index in [0.29, 0.717) is 36.8 Å². The van der Waals surface area contributed by atoms with Gasteiger partial charge in [0.05, 0.1) is 36.1 Å². The summed E-state index contributed by atoms with van der Waals surface area (Å²) in [5, 5.41) is 3.93. The van der Waals surface area contributed by atoms with Gasteiger partial charge in [0.1, 0.15) is 18.0 Å². The minimum absolute atomic E-state index is 0.177. The van der Waals surface area contributed by atoms with E-state index in [1.807, 2.05) is 81.4 Å². The zero-order valence-corrected chi connectivity index (χ0v) is 23.7. The minimum atomic E-state index is -0.656. The summed E-state index contributed by atoms with van der Waals surface area (Å²) in [5.74, 6) is 1.04. The molecule has 0 radical (unpaired) electrons. The van der Waals surface area contributed by atoms with Gasteiger partial charge in [-0.3, -0.25) is 4.90 Å². The maximum atomic E-state index is 13.2. The summed E-state index contributed by atoms with van der Waals surface area (Å²) in [4.78, 5) is 40.2. The van der Waals surface area contributed by atoms with Crippen LogP contribution in [0, 0.1) is 0 Å². The van der Waals surface area contributed by atoms with Gasteiger partial charge in [0.15, 0.2) is 0 Å². The molecule has 2 N–H and O–H groups in total. The number of imidazole rings is 1. The molecule has 4 aromatic rings. The highest BCUT2D eigenvalue weighted by Gasteiger charge is 2.37. The highest BCUT2D eigenvalue weighted by atomic mass is 16.6. The number of aromatic nitrogens is 3. The Hall–Kier alpha value is -4.60. The van der Waals surface area contributed by atoms with Crippen molar-refractivity contribution in [1.82, 2.24) is 25.2 Å². The number of nitrogens with zero attached hydrogens (tertiary/aromatic N) is 3. The Balaban J connectivity index is 1.37. The van der Waals surface area contributed by atoms with E-state index >= 15 is 0 Å². The fraction of sp³-hybridized carbons (Fsp3) is 0.355. The van der Waals surface area contributed by atoms with E-state index in [2.05, 4.69) is 20.3 Å². The van der Waals surface area contributed by atoms with E-state index in [4.69, 9.17) is 14.2 Å². The van der Waals surface area contributed by atoms with Crippen LogP contribution in [-0.2, 0) is 16.1 Å². The Bertz CT molecular complexity index is 1510. The summed E-state index contributed by atoms with van der Waals surface area (Å²) in [6, 6.07) is 18.6. The van der Waals surface area contributed by atoms with Gasteiger partial charge >= 0.3 is 12.2 Å². The number of hydrogen-bond acceptors (Lipinski definition) is 7. The quantitative estimate of drug-likeness (QED) is 0.298. The molecule has 1 aliphatic heterocycles. The van der Waals surface area contributed by atoms with E-state index in [0.717, 1.165) is 22.0 Å². The molecule has 2 aromatic heterocycles. The standard InChI is InChI=1S/C31H35N5O5/c1-31(2,3)41-30(38)36-15-14-22(33-29(37)40-19-20-10-6-5-7-11-20)17-26(36)27-32-18-25(34-27)23-16-21-12-8-9-13-24(21)35-28(23)39-4/h5-13,16,18,22,26H,14-15,17,19H2,1-4H3,(H,32,34)(H,33,37)/t22?,26-/m0/s1. The summed E-state index contributed by atoms with van der Waals surface area (Å²) in [7, 11) is 1.58. The molecule has 3 heterocycles. The van der Waals surface area contributed by atoms with Gasteiger partial charge in [-0.05, 0) is 51.3 Å². The molecule has 0 saturated carbocycles. The Labute approximate surface area is 239 Å². The topological polar surface area (TPSA) is 119 Å². The van der Waals surface area contributed by atoms with Crippen LogP contribution >= 0.6 is 0 Å². The molecule has 0 bridgehead atoms. The molecular formula is C31H35N5O5. The van der Waals surface area contributed by atoms with E-state index in [9.17, 15) is 9.59 Å². The van der Waals surface area contributed by atoms with Gasteiger partial charge in [-0.1, -0.05) is 48.5 Å². The van der Waals surface area contributed by atoms with Crippen molar-refractivity contribution < 1.29 is 23.8 Å². The van der Waals surface area contributed by atoms with Gasteiger partial charge < -0.3 is 24.5 Å². The first-order valence-electron chi connectivity index (χ1n) is 13.7. The number of ether oxygens (including phenoxy) is 3. The first-order valence-corrected chi connectivity index (χ1v) is 13.7. The molecule has 5 rings (SSSR count). The number of nitrogens with one attached hydrogen (secondary N) is 2. The van der Waals surface area contributed by atoms with Crippen molar-refractivity contribution in [1.29, 1.82) is 0 Å². The van der Waals surface area contributed by atoms with Crippen molar-refractivity contribution >= 4 is 23.1 Å². The predicted molar refractivity (Wildman–Crippen MR) is 154 cm³/mol. The Kier molecular flexibility index (Phi) is 8.09. The number of hydrogen-bond donors (Lipinski definition) is 2. The number of likely N-dealkylation sites (tertiary alicyclic amines) is 1. The lowest BCUT2D eigenvalue weighted by Crippen LogP contribution is -2.49. The number of methoxy groups -OCH3 is 1. The number of rotatable bonds is 6. The molecule has 2 amide bonds. The van der Waals surface area contributed by atoms with Crippen molar-refractivity contribution in [3.05, 3.63) is 78.2 Å². The van der Waals surface area contributed by atoms with Crippen molar-refractivity contribution in [2.75, 3.05) is 13.7 Å². The molecule has 214 valence electrons. The van der Waals surface area contributed by atoms with E-state index < -0.39 is 23.8 Å². The first-order chi connectivity index (χ1) is 19.7. The normalized spacial score (nSPS) is 17.2. The average Bonchev–Trinajstić information content (AvgIpc) is 3.45. The van der Waals surface area contributed by atoms with Crippen molar-refractivity contribution in [2.45, 2.75) is 57.9 Å². The molecule has 0 spiro atoms. The monoisotopic (exact) mass is 557 g/mol. The molecule has 1 aliphatic rings. The molecule has 10 nitrogen and oxygen atoms in total. The van der Waals surface area contributed by atoms with Gasteiger partial charge in [0, 0.05) is 18.0 Å². The maximum Gasteiger partial charge on any atom is 0.410 e. The fourth-order valence-electron chi connectivity index (χ4n) is 4.92. The third-order valence-electron chi connectivity index (χ3n) is 6.85. The summed E-state index contributed by atoms with van der Waals surface area (Å²) in [6.07, 6.45) is 1.75. The van der Waals surface area contributed by atoms with E-state index in [-0.39, 0.29) is 12.6 Å². The van der Waals surface area contributed by atoms with Gasteiger partial charge in [0.2, 0.25) is 5.88 Å². The maximum absolute atomic E-state index is 13.2. The Morgan fingerprint density at radius 3 is 2.61 bits per heavy atom. The number of fused-ring (bicyclic) bond motifs is 1. The lowest BCUT2D eigenvalue weighted by atomic mass is 9.97. The predicted octanol–water partition coefficient (Wildman–Crippen LogP) is 6.00. The van der Waals surface area contributed by atoms with Crippen LogP contribution in [0.1, 0.15) is 51.0 Å². The van der Waals surface area contributed by atoms with E-state index in [1.54, 1.807) is 18.2 Å². The summed E-state index contributed by atoms with van der Waals surface area (Å²) in [5.41, 5.74) is 2.53. The fourth-order valence-corrected chi connectivity index (χ4v) is 4.92. The van der Waals surface area contributed by atoms with Gasteiger partial charge in [-0.15, -0.1) is 0 Å². The third-order valence-corrected chi connectivity index (χ3v) is 6.85. The van der Waals surface area contributed by atoms with Crippen molar-refractivity contribution in [3.8, 4) is 17.1 Å². The van der Waals surface area contributed by atoms with Crippen LogP contribution in [0.5, 0.6) is 5.88 Å². The number of alkyl carbamates (subject to hydrolysis) is 1. The Morgan fingerprint density at radius 1 is 1.10 bits per heavy atom. The molecule has 2 atom stereocenters. The van der Waals surface area contributed by atoms with Gasteiger partial charge in [-0.2, -0.15) is 0 Å². The second kappa shape index (κ2) is 11.9. The third kappa shape index (κ3) is 6.77. The number of H-pyrrole nitrogens is 1. The van der Waals surface area contributed by atoms with Crippen LogP contribution in [0.25, 0.3) is 22.2 Å². The Morgan fingerprint density at radius 2 is 1.85 bits per heavy atom. The number of benzene rings is 2. The summed E-state index contributed by atoms with van der Waals surface area (Å²) >= 11 is 0. The minimum Gasteiger partial charge on any atom is -0.480 e. The SMILES string of the molecule is COc1nc2ccccc2cc1-c1cnc([C@@H]2CC(NC(=O)OCc3ccccc3)CCN2C(=O)OC(C)(C)C)[nH]1. The van der Waals surface area contributed by atoms with E-state index in [1.165, 1.54) is 0 Å². The number of para-hydroxylation sites is 1. The molecular weight excluding hydrogens is 522 g/mol.